The van der Waals surface area contributed by atoms with Gasteiger partial charge >= 0.3 is 0 Å². The van der Waals surface area contributed by atoms with Crippen molar-refractivity contribution in [2.24, 2.45) is 23.2 Å². The first-order chi connectivity index (χ1) is 13.9. The number of nitrogens with zero attached hydrogens (tertiary/aromatic N) is 3. The minimum atomic E-state index is -2.99. The Morgan fingerprint density at radius 3 is 2.38 bits per heavy atom. The predicted octanol–water partition coefficient (Wildman–Crippen LogP) is 3.24. The number of aromatic nitrogens is 3. The highest BCUT2D eigenvalue weighted by Gasteiger charge is 2.54. The summed E-state index contributed by atoms with van der Waals surface area (Å²) in [6.07, 6.45) is 9.63. The van der Waals surface area contributed by atoms with Crippen molar-refractivity contribution in [1.29, 1.82) is 0 Å². The molecule has 2 heterocycles. The predicted molar refractivity (Wildman–Crippen MR) is 113 cm³/mol. The highest BCUT2D eigenvalue weighted by molar-refractivity contribution is 7.99. The zero-order valence-corrected chi connectivity index (χ0v) is 18.4. The molecule has 5 fully saturated rings. The number of hydrogen-bond donors (Lipinski definition) is 0. The summed E-state index contributed by atoms with van der Waals surface area (Å²) in [6.45, 7) is 4.36. The molecule has 4 bridgehead atoms. The van der Waals surface area contributed by atoms with Crippen LogP contribution in [0.1, 0.15) is 56.7 Å². The smallest absolute Gasteiger partial charge is 0.191 e. The Bertz CT molecular complexity index is 902. The maximum atomic E-state index is 13.3. The SMILES string of the molecule is C=CCn1c(SCC(=O)C23CC4CC(CC(C4)C2)C3)nnc1[C@H]1CCS(=O)(=O)C1. The van der Waals surface area contributed by atoms with E-state index in [9.17, 15) is 13.2 Å². The Hall–Kier alpha value is -1.15. The van der Waals surface area contributed by atoms with Gasteiger partial charge in [0.05, 0.1) is 17.3 Å². The lowest BCUT2D eigenvalue weighted by atomic mass is 9.48. The number of ketones is 1. The van der Waals surface area contributed by atoms with Crippen LogP contribution in [0.4, 0.5) is 0 Å². The van der Waals surface area contributed by atoms with Crippen LogP contribution in [0, 0.1) is 23.2 Å². The molecule has 0 amide bonds. The van der Waals surface area contributed by atoms with Gasteiger partial charge in [-0.2, -0.15) is 0 Å². The van der Waals surface area contributed by atoms with E-state index in [0.29, 0.717) is 29.7 Å². The Kier molecular flexibility index (Phi) is 4.93. The van der Waals surface area contributed by atoms with Crippen LogP contribution in [0.3, 0.4) is 0 Å². The number of Topliss-reactive ketones (excluding diaryl/α,β-unsaturated/α-hetero) is 1. The van der Waals surface area contributed by atoms with Crippen LogP contribution in [0.5, 0.6) is 0 Å². The van der Waals surface area contributed by atoms with Crippen molar-refractivity contribution >= 4 is 27.4 Å². The molecule has 0 unspecified atom stereocenters. The van der Waals surface area contributed by atoms with Gasteiger partial charge in [0.15, 0.2) is 15.0 Å². The van der Waals surface area contributed by atoms with Gasteiger partial charge in [-0.15, -0.1) is 16.8 Å². The molecule has 0 radical (unpaired) electrons. The second kappa shape index (κ2) is 7.22. The number of sulfone groups is 1. The molecule has 4 aliphatic carbocycles. The molecular weight excluding hydrogens is 406 g/mol. The van der Waals surface area contributed by atoms with Crippen molar-refractivity contribution in [2.45, 2.75) is 62.6 Å². The Morgan fingerprint density at radius 1 is 1.17 bits per heavy atom. The topological polar surface area (TPSA) is 81.9 Å². The lowest BCUT2D eigenvalue weighted by Gasteiger charge is -2.56. The standard InChI is InChI=1S/C21H29N3O3S2/c1-2-4-24-19(17-3-5-29(26,27)13-17)22-23-20(24)28-12-18(25)21-9-14-6-15(10-21)8-16(7-14)11-21/h2,14-17H,1,3-13H2/t14?,15?,16?,17-,21?/m0/s1. The van der Waals surface area contributed by atoms with Crippen LogP contribution in [0.15, 0.2) is 17.8 Å². The molecule has 6 nitrogen and oxygen atoms in total. The molecule has 0 spiro atoms. The minimum absolute atomic E-state index is 0.0899. The molecule has 5 aliphatic rings. The van der Waals surface area contributed by atoms with Gasteiger partial charge in [0, 0.05) is 17.9 Å². The summed E-state index contributed by atoms with van der Waals surface area (Å²) in [5.74, 6) is 4.06. The van der Waals surface area contributed by atoms with Crippen LogP contribution in [-0.4, -0.2) is 46.2 Å². The molecule has 1 aromatic rings. The summed E-state index contributed by atoms with van der Waals surface area (Å²) in [5, 5.41) is 9.36. The van der Waals surface area contributed by atoms with E-state index in [2.05, 4.69) is 16.8 Å². The first-order valence-electron chi connectivity index (χ1n) is 10.8. The van der Waals surface area contributed by atoms with Gasteiger partial charge < -0.3 is 4.57 Å². The second-order valence-corrected chi connectivity index (χ2v) is 12.9. The monoisotopic (exact) mass is 435 g/mol. The summed E-state index contributed by atoms with van der Waals surface area (Å²) in [6, 6.07) is 0. The Labute approximate surface area is 176 Å². The van der Waals surface area contributed by atoms with Crippen molar-refractivity contribution in [3.05, 3.63) is 18.5 Å². The van der Waals surface area contributed by atoms with Crippen LogP contribution >= 0.6 is 11.8 Å². The van der Waals surface area contributed by atoms with Crippen molar-refractivity contribution in [1.82, 2.24) is 14.8 Å². The van der Waals surface area contributed by atoms with Gasteiger partial charge in [0.2, 0.25) is 0 Å². The van der Waals surface area contributed by atoms with Crippen LogP contribution in [0.25, 0.3) is 0 Å². The maximum Gasteiger partial charge on any atom is 0.191 e. The Morgan fingerprint density at radius 2 is 1.83 bits per heavy atom. The van der Waals surface area contributed by atoms with Crippen molar-refractivity contribution in [3.8, 4) is 0 Å². The summed E-state index contributed by atoms with van der Waals surface area (Å²) in [4.78, 5) is 13.3. The van der Waals surface area contributed by atoms with Crippen LogP contribution in [-0.2, 0) is 21.2 Å². The molecule has 1 saturated heterocycles. The molecule has 1 aromatic heterocycles. The lowest BCUT2D eigenvalue weighted by molar-refractivity contribution is -0.141. The van der Waals surface area contributed by atoms with Gasteiger partial charge in [0.25, 0.3) is 0 Å². The molecule has 29 heavy (non-hydrogen) atoms. The highest BCUT2D eigenvalue weighted by Crippen LogP contribution is 2.60. The fourth-order valence-electron chi connectivity index (χ4n) is 6.74. The van der Waals surface area contributed by atoms with Gasteiger partial charge in [-0.25, -0.2) is 8.42 Å². The minimum Gasteiger partial charge on any atom is -0.302 e. The van der Waals surface area contributed by atoms with Crippen molar-refractivity contribution < 1.29 is 13.2 Å². The molecular formula is C21H29N3O3S2. The van der Waals surface area contributed by atoms with Gasteiger partial charge in [-0.3, -0.25) is 4.79 Å². The summed E-state index contributed by atoms with van der Waals surface area (Å²) in [7, 11) is -2.99. The average molecular weight is 436 g/mol. The maximum absolute atomic E-state index is 13.3. The molecule has 1 atom stereocenters. The largest absolute Gasteiger partial charge is 0.302 e. The highest BCUT2D eigenvalue weighted by atomic mass is 32.2. The molecule has 0 aromatic carbocycles. The number of thioether (sulfide) groups is 1. The zero-order valence-electron chi connectivity index (χ0n) is 16.8. The van der Waals surface area contributed by atoms with E-state index in [4.69, 9.17) is 0 Å². The lowest BCUT2D eigenvalue weighted by Crippen LogP contribution is -2.50. The van der Waals surface area contributed by atoms with E-state index in [-0.39, 0.29) is 22.8 Å². The van der Waals surface area contributed by atoms with E-state index in [1.54, 1.807) is 6.08 Å². The van der Waals surface area contributed by atoms with E-state index < -0.39 is 9.84 Å². The first-order valence-corrected chi connectivity index (χ1v) is 13.6. The van der Waals surface area contributed by atoms with Gasteiger partial charge in [0.1, 0.15) is 11.6 Å². The molecule has 4 saturated carbocycles. The van der Waals surface area contributed by atoms with E-state index in [0.717, 1.165) is 42.8 Å². The molecule has 8 heteroatoms. The normalized spacial score (nSPS) is 37.1. The first kappa shape index (κ1) is 19.8. The number of allylic oxidation sites excluding steroid dienone is 1. The van der Waals surface area contributed by atoms with E-state index >= 15 is 0 Å². The third kappa shape index (κ3) is 3.60. The van der Waals surface area contributed by atoms with Crippen molar-refractivity contribution in [3.63, 3.8) is 0 Å². The van der Waals surface area contributed by atoms with Crippen LogP contribution < -0.4 is 0 Å². The number of rotatable bonds is 7. The van der Waals surface area contributed by atoms with Gasteiger partial charge in [-0.1, -0.05) is 17.8 Å². The second-order valence-electron chi connectivity index (χ2n) is 9.75. The summed E-state index contributed by atoms with van der Waals surface area (Å²) in [5.41, 5.74) is -0.0899. The fraction of sp³-hybridized carbons (Fsp3) is 0.762. The number of carbonyl (C=O) groups excluding carboxylic acids is 1. The number of hydrogen-bond acceptors (Lipinski definition) is 6. The molecule has 158 valence electrons. The molecule has 1 aliphatic heterocycles. The van der Waals surface area contributed by atoms with Crippen molar-refractivity contribution in [2.75, 3.05) is 17.3 Å². The van der Waals surface area contributed by atoms with Crippen LogP contribution in [0.2, 0.25) is 0 Å². The van der Waals surface area contributed by atoms with Gasteiger partial charge in [-0.05, 0) is 62.7 Å². The zero-order chi connectivity index (χ0) is 20.2. The molecule has 0 N–H and O–H groups in total. The third-order valence-electron chi connectivity index (χ3n) is 7.62. The quantitative estimate of drug-likeness (QED) is 0.483. The Balaban J connectivity index is 1.31. The fourth-order valence-corrected chi connectivity index (χ4v) is 9.47. The third-order valence-corrected chi connectivity index (χ3v) is 10.4. The average Bonchev–Trinajstić information content (AvgIpc) is 3.21. The van der Waals surface area contributed by atoms with E-state index in [1.165, 1.54) is 31.0 Å². The summed E-state index contributed by atoms with van der Waals surface area (Å²) < 4.78 is 25.7. The summed E-state index contributed by atoms with van der Waals surface area (Å²) >= 11 is 1.47. The number of carbonyl (C=O) groups is 1. The molecule has 6 rings (SSSR count). The van der Waals surface area contributed by atoms with E-state index in [1.807, 2.05) is 4.57 Å².